The van der Waals surface area contributed by atoms with E-state index in [0.717, 1.165) is 28.5 Å². The summed E-state index contributed by atoms with van der Waals surface area (Å²) in [6.45, 7) is 2.16. The first-order valence-electron chi connectivity index (χ1n) is 6.63. The van der Waals surface area contributed by atoms with Gasteiger partial charge in [0.15, 0.2) is 0 Å². The monoisotopic (exact) mass is 408 g/mol. The predicted molar refractivity (Wildman–Crippen MR) is 88.9 cm³/mol. The molecule has 1 aliphatic heterocycles. The Kier molecular flexibility index (Phi) is 5.77. The molecule has 1 nitrogen and oxygen atoms in total. The first-order chi connectivity index (χ1) is 9.09. The summed E-state index contributed by atoms with van der Waals surface area (Å²) in [5.41, 5.74) is 1.32. The second-order valence-corrected chi connectivity index (χ2v) is 6.97. The first kappa shape index (κ1) is 15.8. The molecule has 1 fully saturated rings. The zero-order valence-corrected chi connectivity index (χ0v) is 15.0. The lowest BCUT2D eigenvalue weighted by Crippen LogP contribution is -2.34. The molecule has 2 unspecified atom stereocenters. The third-order valence-corrected chi connectivity index (χ3v) is 6.27. The third-order valence-electron chi connectivity index (χ3n) is 3.89. The smallest absolute Gasteiger partial charge is 0.0588 e. The number of halogens is 3. The summed E-state index contributed by atoms with van der Waals surface area (Å²) in [5.74, 6) is 0. The van der Waals surface area contributed by atoms with Crippen LogP contribution in [-0.2, 0) is 10.2 Å². The number of rotatable bonds is 5. The summed E-state index contributed by atoms with van der Waals surface area (Å²) in [6, 6.07) is 8.18. The van der Waals surface area contributed by atoms with Gasteiger partial charge in [0.25, 0.3) is 0 Å². The van der Waals surface area contributed by atoms with Gasteiger partial charge in [0.2, 0.25) is 0 Å². The Labute approximate surface area is 137 Å². The average Bonchev–Trinajstić information content (AvgIpc) is 2.81. The molecule has 0 saturated carbocycles. The normalized spacial score (nSPS) is 23.8. The second-order valence-electron chi connectivity index (χ2n) is 5.41. The maximum atomic E-state index is 6.14. The maximum Gasteiger partial charge on any atom is 0.0588 e. The summed E-state index contributed by atoms with van der Waals surface area (Å²) < 4.78 is 6.00. The van der Waals surface area contributed by atoms with Gasteiger partial charge < -0.3 is 4.74 Å². The molecule has 1 saturated heterocycles. The molecule has 1 aromatic rings. The molecule has 0 aliphatic carbocycles. The van der Waals surface area contributed by atoms with E-state index in [1.807, 2.05) is 12.1 Å². The van der Waals surface area contributed by atoms with Crippen molar-refractivity contribution in [2.45, 2.75) is 43.8 Å². The fourth-order valence-electron chi connectivity index (χ4n) is 2.71. The molecule has 0 bridgehead atoms. The lowest BCUT2D eigenvalue weighted by atomic mass is 9.79. The molecule has 2 atom stereocenters. The van der Waals surface area contributed by atoms with Crippen LogP contribution in [0.2, 0.25) is 5.02 Å². The van der Waals surface area contributed by atoms with E-state index in [-0.39, 0.29) is 5.41 Å². The molecule has 0 aromatic heterocycles. The van der Waals surface area contributed by atoms with Crippen molar-refractivity contribution in [3.8, 4) is 0 Å². The maximum absolute atomic E-state index is 6.14. The van der Waals surface area contributed by atoms with Crippen LogP contribution in [0.3, 0.4) is 0 Å². The van der Waals surface area contributed by atoms with Gasteiger partial charge in [-0.05, 0) is 43.9 Å². The molecule has 1 heterocycles. The number of benzene rings is 1. The zero-order valence-electron chi connectivity index (χ0n) is 11.0. The van der Waals surface area contributed by atoms with Gasteiger partial charge in [-0.15, -0.1) is 0 Å². The molecule has 1 aromatic carbocycles. The van der Waals surface area contributed by atoms with E-state index in [0.29, 0.717) is 12.2 Å². The van der Waals surface area contributed by atoms with Crippen molar-refractivity contribution in [2.75, 3.05) is 10.7 Å². The summed E-state index contributed by atoms with van der Waals surface area (Å²) in [7, 11) is 0. The molecular weight excluding hydrogens is 391 g/mol. The standard InChI is InChI=1S/C15H19Br2ClO/c1-11-5-6-14(19-11)8-15(9-16,10-17)12-3-2-4-13(18)7-12/h2-4,7,11,14H,5-6,8-10H2,1H3. The molecule has 0 amide bonds. The predicted octanol–water partition coefficient (Wildman–Crippen LogP) is 5.33. The van der Waals surface area contributed by atoms with Crippen molar-refractivity contribution in [3.63, 3.8) is 0 Å². The van der Waals surface area contributed by atoms with E-state index >= 15 is 0 Å². The van der Waals surface area contributed by atoms with E-state index in [4.69, 9.17) is 16.3 Å². The van der Waals surface area contributed by atoms with E-state index < -0.39 is 0 Å². The van der Waals surface area contributed by atoms with Crippen LogP contribution in [0.5, 0.6) is 0 Å². The Bertz CT molecular complexity index is 420. The van der Waals surface area contributed by atoms with E-state index in [1.165, 1.54) is 12.0 Å². The quantitative estimate of drug-likeness (QED) is 0.597. The molecule has 4 heteroatoms. The van der Waals surface area contributed by atoms with Crippen molar-refractivity contribution in [2.24, 2.45) is 0 Å². The largest absolute Gasteiger partial charge is 0.375 e. The summed E-state index contributed by atoms with van der Waals surface area (Å²) >= 11 is 13.5. The number of hydrogen-bond acceptors (Lipinski definition) is 1. The van der Waals surface area contributed by atoms with Gasteiger partial charge in [0, 0.05) is 21.1 Å². The summed E-state index contributed by atoms with van der Waals surface area (Å²) in [4.78, 5) is 0. The van der Waals surface area contributed by atoms with Crippen LogP contribution in [0.25, 0.3) is 0 Å². The van der Waals surface area contributed by atoms with Crippen molar-refractivity contribution < 1.29 is 4.74 Å². The molecule has 106 valence electrons. The summed E-state index contributed by atoms with van der Waals surface area (Å²) in [5, 5.41) is 2.60. The van der Waals surface area contributed by atoms with Crippen molar-refractivity contribution in [1.82, 2.24) is 0 Å². The minimum atomic E-state index is 0.0413. The van der Waals surface area contributed by atoms with E-state index in [2.05, 4.69) is 50.9 Å². The lowest BCUT2D eigenvalue weighted by molar-refractivity contribution is 0.0405. The molecule has 19 heavy (non-hydrogen) atoms. The SMILES string of the molecule is CC1CCC(CC(CBr)(CBr)c2cccc(Cl)c2)O1. The zero-order chi connectivity index (χ0) is 13.9. The number of alkyl halides is 2. The Morgan fingerprint density at radius 1 is 1.32 bits per heavy atom. The van der Waals surface area contributed by atoms with Crippen LogP contribution in [0, 0.1) is 0 Å². The van der Waals surface area contributed by atoms with Gasteiger partial charge >= 0.3 is 0 Å². The van der Waals surface area contributed by atoms with Gasteiger partial charge in [-0.3, -0.25) is 0 Å². The highest BCUT2D eigenvalue weighted by Gasteiger charge is 2.36. The van der Waals surface area contributed by atoms with Crippen molar-refractivity contribution >= 4 is 43.5 Å². The number of hydrogen-bond donors (Lipinski definition) is 0. The highest BCUT2D eigenvalue weighted by atomic mass is 79.9. The van der Waals surface area contributed by atoms with Crippen LogP contribution in [0.15, 0.2) is 24.3 Å². The van der Waals surface area contributed by atoms with Crippen LogP contribution in [0.4, 0.5) is 0 Å². The van der Waals surface area contributed by atoms with Gasteiger partial charge in [-0.1, -0.05) is 55.6 Å². The minimum absolute atomic E-state index is 0.0413. The van der Waals surface area contributed by atoms with Gasteiger partial charge in [0.1, 0.15) is 0 Å². The first-order valence-corrected chi connectivity index (χ1v) is 9.25. The molecule has 0 N–H and O–H groups in total. The molecule has 1 aliphatic rings. The topological polar surface area (TPSA) is 9.23 Å². The average molecular weight is 411 g/mol. The third kappa shape index (κ3) is 3.75. The number of ether oxygens (including phenoxy) is 1. The fourth-order valence-corrected chi connectivity index (χ4v) is 4.93. The Morgan fingerprint density at radius 2 is 2.05 bits per heavy atom. The fraction of sp³-hybridized carbons (Fsp3) is 0.600. The van der Waals surface area contributed by atoms with Gasteiger partial charge in [0.05, 0.1) is 12.2 Å². The summed E-state index contributed by atoms with van der Waals surface area (Å²) in [6.07, 6.45) is 4.09. The molecular formula is C15H19Br2ClO. The lowest BCUT2D eigenvalue weighted by Gasteiger charge is -2.33. The Hall–Kier alpha value is 0.430. The molecule has 0 spiro atoms. The van der Waals surface area contributed by atoms with Crippen LogP contribution >= 0.6 is 43.5 Å². The Balaban J connectivity index is 2.21. The van der Waals surface area contributed by atoms with Crippen molar-refractivity contribution in [1.29, 1.82) is 0 Å². The van der Waals surface area contributed by atoms with E-state index in [1.54, 1.807) is 0 Å². The van der Waals surface area contributed by atoms with Crippen molar-refractivity contribution in [3.05, 3.63) is 34.9 Å². The Morgan fingerprint density at radius 3 is 2.58 bits per heavy atom. The van der Waals surface area contributed by atoms with Crippen LogP contribution in [-0.4, -0.2) is 22.9 Å². The second kappa shape index (κ2) is 6.93. The molecule has 0 radical (unpaired) electrons. The van der Waals surface area contributed by atoms with Crippen LogP contribution in [0.1, 0.15) is 31.7 Å². The van der Waals surface area contributed by atoms with Crippen LogP contribution < -0.4 is 0 Å². The van der Waals surface area contributed by atoms with Gasteiger partial charge in [-0.25, -0.2) is 0 Å². The minimum Gasteiger partial charge on any atom is -0.375 e. The molecule has 2 rings (SSSR count). The highest BCUT2D eigenvalue weighted by Crippen LogP contribution is 2.38. The van der Waals surface area contributed by atoms with E-state index in [9.17, 15) is 0 Å². The highest BCUT2D eigenvalue weighted by molar-refractivity contribution is 9.09. The van der Waals surface area contributed by atoms with Gasteiger partial charge in [-0.2, -0.15) is 0 Å².